The molecule has 0 radical (unpaired) electrons. The Morgan fingerprint density at radius 1 is 1.70 bits per heavy atom. The predicted molar refractivity (Wildman–Crippen MR) is 32.5 cm³/mol. The smallest absolute Gasteiger partial charge is 0.166 e. The minimum atomic E-state index is -1.13. The quantitative estimate of drug-likeness (QED) is 0.482. The molecular weight excluding hydrogens is 136 g/mol. The zero-order valence-electron chi connectivity index (χ0n) is 5.49. The summed E-state index contributed by atoms with van der Waals surface area (Å²) in [5.74, 6) is -0.245. The maximum atomic E-state index is 10.7. The van der Waals surface area contributed by atoms with E-state index in [1.807, 2.05) is 0 Å². The van der Waals surface area contributed by atoms with Crippen LogP contribution >= 0.6 is 0 Å². The number of hydrogen-bond donors (Lipinski definition) is 2. The first kappa shape index (κ1) is 7.65. The zero-order chi connectivity index (χ0) is 7.56. The number of aliphatic hydroxyl groups excluding tert-OH is 2. The molecule has 4 nitrogen and oxygen atoms in total. The summed E-state index contributed by atoms with van der Waals surface area (Å²) in [4.78, 5) is 10.7. The van der Waals surface area contributed by atoms with Gasteiger partial charge in [0.05, 0.1) is 13.2 Å². The van der Waals surface area contributed by atoms with Gasteiger partial charge in [0.2, 0.25) is 0 Å². The van der Waals surface area contributed by atoms with Gasteiger partial charge in [0.1, 0.15) is 12.2 Å². The summed E-state index contributed by atoms with van der Waals surface area (Å²) in [5, 5.41) is 17.5. The summed E-state index contributed by atoms with van der Waals surface area (Å²) in [6, 6.07) is 0. The fourth-order valence-corrected chi connectivity index (χ4v) is 0.910. The number of ketones is 1. The molecule has 0 spiro atoms. The number of aliphatic hydroxyl groups is 2. The van der Waals surface area contributed by atoms with Crippen LogP contribution in [-0.4, -0.2) is 41.4 Å². The maximum Gasteiger partial charge on any atom is 0.166 e. The second-order valence-corrected chi connectivity index (χ2v) is 2.25. The first-order valence-electron chi connectivity index (χ1n) is 3.19. The van der Waals surface area contributed by atoms with E-state index in [9.17, 15) is 4.79 Å². The molecule has 0 unspecified atom stereocenters. The lowest BCUT2D eigenvalue weighted by Gasteiger charge is -2.24. The number of carbonyl (C=O) groups excluding carboxylic acids is 1. The lowest BCUT2D eigenvalue weighted by molar-refractivity contribution is -0.150. The van der Waals surface area contributed by atoms with Crippen molar-refractivity contribution in [3.05, 3.63) is 0 Å². The van der Waals surface area contributed by atoms with E-state index in [4.69, 9.17) is 14.9 Å². The molecule has 1 rings (SSSR count). The topological polar surface area (TPSA) is 66.8 Å². The Hall–Kier alpha value is -0.450. The van der Waals surface area contributed by atoms with Gasteiger partial charge in [-0.25, -0.2) is 0 Å². The van der Waals surface area contributed by atoms with Gasteiger partial charge >= 0.3 is 0 Å². The standard InChI is InChI=1S/C6H10O4/c7-3-5-6(9)4(8)1-2-10-5/h5-7,9H,1-3H2/t5-,6-/m1/s1. The van der Waals surface area contributed by atoms with Crippen LogP contribution in [0.4, 0.5) is 0 Å². The van der Waals surface area contributed by atoms with Gasteiger partial charge in [0.25, 0.3) is 0 Å². The summed E-state index contributed by atoms with van der Waals surface area (Å²) >= 11 is 0. The van der Waals surface area contributed by atoms with E-state index in [0.717, 1.165) is 0 Å². The molecule has 1 aliphatic heterocycles. The first-order valence-corrected chi connectivity index (χ1v) is 3.19. The molecule has 0 saturated carbocycles. The van der Waals surface area contributed by atoms with Crippen molar-refractivity contribution in [1.82, 2.24) is 0 Å². The highest BCUT2D eigenvalue weighted by Gasteiger charge is 2.29. The number of hydrogen-bond acceptors (Lipinski definition) is 4. The number of Topliss-reactive ketones (excluding diaryl/α,β-unsaturated/α-hetero) is 1. The molecule has 2 atom stereocenters. The van der Waals surface area contributed by atoms with Crippen LogP contribution in [0, 0.1) is 0 Å². The highest BCUT2D eigenvalue weighted by atomic mass is 16.5. The van der Waals surface area contributed by atoms with Crippen molar-refractivity contribution in [2.45, 2.75) is 18.6 Å². The Morgan fingerprint density at radius 3 is 2.90 bits per heavy atom. The monoisotopic (exact) mass is 146 g/mol. The molecule has 4 heteroatoms. The van der Waals surface area contributed by atoms with Gasteiger partial charge in [0.15, 0.2) is 5.78 Å². The summed E-state index contributed by atoms with van der Waals surface area (Å²) in [6.45, 7) is 0.00796. The van der Waals surface area contributed by atoms with Gasteiger partial charge in [-0.15, -0.1) is 0 Å². The maximum absolute atomic E-state index is 10.7. The Morgan fingerprint density at radius 2 is 2.40 bits per heavy atom. The average Bonchev–Trinajstić information content (AvgIpc) is 1.95. The van der Waals surface area contributed by atoms with Gasteiger partial charge in [-0.2, -0.15) is 0 Å². The van der Waals surface area contributed by atoms with Gasteiger partial charge in [0, 0.05) is 6.42 Å². The van der Waals surface area contributed by atoms with Crippen molar-refractivity contribution in [3.8, 4) is 0 Å². The summed E-state index contributed by atoms with van der Waals surface area (Å²) < 4.78 is 4.89. The molecule has 0 aliphatic carbocycles. The van der Waals surface area contributed by atoms with E-state index in [1.165, 1.54) is 0 Å². The van der Waals surface area contributed by atoms with E-state index >= 15 is 0 Å². The molecule has 0 aromatic rings. The first-order chi connectivity index (χ1) is 4.75. The van der Waals surface area contributed by atoms with Crippen molar-refractivity contribution in [1.29, 1.82) is 0 Å². The molecule has 58 valence electrons. The number of carbonyl (C=O) groups is 1. The minimum Gasteiger partial charge on any atom is -0.394 e. The number of ether oxygens (including phenoxy) is 1. The minimum absolute atomic E-state index is 0.245. The third kappa shape index (κ3) is 1.34. The summed E-state index contributed by atoms with van der Waals surface area (Å²) in [5.41, 5.74) is 0. The van der Waals surface area contributed by atoms with Crippen molar-refractivity contribution in [2.24, 2.45) is 0 Å². The van der Waals surface area contributed by atoms with E-state index in [-0.39, 0.29) is 18.8 Å². The Labute approximate surface area is 58.4 Å². The van der Waals surface area contributed by atoms with Gasteiger partial charge in [-0.3, -0.25) is 4.79 Å². The molecule has 0 aromatic heterocycles. The highest BCUT2D eigenvalue weighted by molar-refractivity contribution is 5.84. The lowest BCUT2D eigenvalue weighted by atomic mass is 10.1. The largest absolute Gasteiger partial charge is 0.394 e. The molecule has 1 fully saturated rings. The second kappa shape index (κ2) is 3.09. The molecule has 1 aliphatic rings. The van der Waals surface area contributed by atoms with Crippen LogP contribution in [0.1, 0.15) is 6.42 Å². The SMILES string of the molecule is O=C1CCO[C@H](CO)[C@@H]1O. The summed E-state index contributed by atoms with van der Waals surface area (Å²) in [7, 11) is 0. The normalized spacial score (nSPS) is 34.4. The van der Waals surface area contributed by atoms with Crippen LogP contribution in [0.2, 0.25) is 0 Å². The van der Waals surface area contributed by atoms with Crippen molar-refractivity contribution in [2.75, 3.05) is 13.2 Å². The van der Waals surface area contributed by atoms with E-state index in [2.05, 4.69) is 0 Å². The average molecular weight is 146 g/mol. The third-order valence-corrected chi connectivity index (χ3v) is 1.54. The van der Waals surface area contributed by atoms with Crippen molar-refractivity contribution in [3.63, 3.8) is 0 Å². The molecular formula is C6H10O4. The molecule has 0 bridgehead atoms. The Kier molecular flexibility index (Phi) is 2.37. The predicted octanol–water partition coefficient (Wildman–Crippen LogP) is -1.30. The van der Waals surface area contributed by atoms with Crippen LogP contribution in [0.5, 0.6) is 0 Å². The van der Waals surface area contributed by atoms with E-state index < -0.39 is 12.2 Å². The highest BCUT2D eigenvalue weighted by Crippen LogP contribution is 2.09. The van der Waals surface area contributed by atoms with Crippen LogP contribution < -0.4 is 0 Å². The van der Waals surface area contributed by atoms with Crippen LogP contribution in [0.15, 0.2) is 0 Å². The van der Waals surface area contributed by atoms with Gasteiger partial charge < -0.3 is 14.9 Å². The fourth-order valence-electron chi connectivity index (χ4n) is 0.910. The van der Waals surface area contributed by atoms with E-state index in [1.54, 1.807) is 0 Å². The number of rotatable bonds is 1. The molecule has 1 heterocycles. The Bertz CT molecular complexity index is 134. The Balaban J connectivity index is 2.51. The molecule has 1 saturated heterocycles. The second-order valence-electron chi connectivity index (χ2n) is 2.25. The zero-order valence-corrected chi connectivity index (χ0v) is 5.49. The molecule has 0 amide bonds. The van der Waals surface area contributed by atoms with Crippen LogP contribution in [-0.2, 0) is 9.53 Å². The van der Waals surface area contributed by atoms with Crippen molar-refractivity contribution < 1.29 is 19.7 Å². The fraction of sp³-hybridized carbons (Fsp3) is 0.833. The van der Waals surface area contributed by atoms with Gasteiger partial charge in [-0.1, -0.05) is 0 Å². The van der Waals surface area contributed by atoms with Gasteiger partial charge in [-0.05, 0) is 0 Å². The summed E-state index contributed by atoms with van der Waals surface area (Å²) in [6.07, 6.45) is -1.59. The lowest BCUT2D eigenvalue weighted by Crippen LogP contribution is -2.43. The molecule has 10 heavy (non-hydrogen) atoms. The third-order valence-electron chi connectivity index (χ3n) is 1.54. The van der Waals surface area contributed by atoms with Crippen LogP contribution in [0.25, 0.3) is 0 Å². The van der Waals surface area contributed by atoms with Crippen molar-refractivity contribution >= 4 is 5.78 Å². The van der Waals surface area contributed by atoms with E-state index in [0.29, 0.717) is 6.61 Å². The molecule has 2 N–H and O–H groups in total. The molecule has 0 aromatic carbocycles. The van der Waals surface area contributed by atoms with Crippen LogP contribution in [0.3, 0.4) is 0 Å².